The van der Waals surface area contributed by atoms with E-state index >= 15 is 0 Å². The van der Waals surface area contributed by atoms with Crippen molar-refractivity contribution in [2.24, 2.45) is 0 Å². The van der Waals surface area contributed by atoms with Crippen molar-refractivity contribution in [2.45, 2.75) is 0 Å². The van der Waals surface area contributed by atoms with Crippen LogP contribution in [0.25, 0.3) is 135 Å². The number of H-pyrrole nitrogens is 1. The number of hydrogen-bond donors (Lipinski definition) is 1. The summed E-state index contributed by atoms with van der Waals surface area (Å²) in [6.45, 7) is 0. The topological polar surface area (TPSA) is 59.6 Å². The molecule has 5 heterocycles. The number of nitrogens with zero attached hydrogens (tertiary/aromatic N) is 3. The van der Waals surface area contributed by atoms with Crippen molar-refractivity contribution in [3.05, 3.63) is 152 Å². The highest BCUT2D eigenvalue weighted by molar-refractivity contribution is 7.26. The van der Waals surface area contributed by atoms with E-state index in [0.29, 0.717) is 5.95 Å². The highest BCUT2D eigenvalue weighted by Gasteiger charge is 2.25. The van der Waals surface area contributed by atoms with Gasteiger partial charge in [0.2, 0.25) is 5.95 Å². The van der Waals surface area contributed by atoms with Crippen molar-refractivity contribution in [3.63, 3.8) is 0 Å². The van der Waals surface area contributed by atoms with Gasteiger partial charge >= 0.3 is 0 Å². The molecule has 0 atom stereocenters. The number of benzene rings is 9. The van der Waals surface area contributed by atoms with Crippen LogP contribution in [0.1, 0.15) is 0 Å². The van der Waals surface area contributed by atoms with Gasteiger partial charge in [-0.1, -0.05) is 97.1 Å². The molecule has 0 saturated carbocycles. The molecule has 1 N–H and O–H groups in total. The van der Waals surface area contributed by atoms with Gasteiger partial charge in [0.25, 0.3) is 0 Å². The third kappa shape index (κ3) is 3.64. The van der Waals surface area contributed by atoms with Crippen LogP contribution in [0.2, 0.25) is 0 Å². The number of fused-ring (bicyclic) bond motifs is 14. The van der Waals surface area contributed by atoms with E-state index in [1.165, 1.54) is 52.5 Å². The summed E-state index contributed by atoms with van der Waals surface area (Å²) < 4.78 is 11.2. The van der Waals surface area contributed by atoms with E-state index in [4.69, 9.17) is 14.4 Å². The quantitative estimate of drug-likeness (QED) is 0.180. The van der Waals surface area contributed by atoms with Crippen molar-refractivity contribution in [1.82, 2.24) is 19.5 Å². The van der Waals surface area contributed by atoms with Gasteiger partial charge < -0.3 is 9.40 Å². The lowest BCUT2D eigenvalue weighted by Gasteiger charge is -2.14. The minimum atomic E-state index is 0.650. The Balaban J connectivity index is 1.18. The number of rotatable bonds is 2. The van der Waals surface area contributed by atoms with Gasteiger partial charge in [0, 0.05) is 79.7 Å². The second-order valence-electron chi connectivity index (χ2n) is 15.0. The molecule has 0 spiro atoms. The zero-order valence-corrected chi connectivity index (χ0v) is 30.4. The SMILES string of the molecule is c1ccc2c(c1)ccc1nc(-n3c4cc5c6ccccc6[nH]c5c5ccc6c7sc8ccccc8c7cc3c6c54)nc(-c3ccc4oc5ccccc5c4c3)c12. The average molecular weight is 731 g/mol. The monoisotopic (exact) mass is 730 g/mol. The molecule has 0 aliphatic heterocycles. The minimum absolute atomic E-state index is 0.650. The van der Waals surface area contributed by atoms with Crippen LogP contribution in [0.15, 0.2) is 156 Å². The molecule has 0 aliphatic carbocycles. The molecule has 0 fully saturated rings. The predicted molar refractivity (Wildman–Crippen MR) is 235 cm³/mol. The lowest BCUT2D eigenvalue weighted by molar-refractivity contribution is 0.669. The van der Waals surface area contributed by atoms with E-state index < -0.39 is 0 Å². The molecule has 14 aromatic rings. The van der Waals surface area contributed by atoms with Crippen LogP contribution in [0.3, 0.4) is 0 Å². The fraction of sp³-hybridized carbons (Fsp3) is 0. The molecule has 6 heteroatoms. The molecule has 0 amide bonds. The van der Waals surface area contributed by atoms with Gasteiger partial charge in [0.15, 0.2) is 0 Å². The number of aromatic amines is 1. The van der Waals surface area contributed by atoms with Gasteiger partial charge in [-0.15, -0.1) is 11.3 Å². The summed E-state index contributed by atoms with van der Waals surface area (Å²) in [5.74, 6) is 0.650. The van der Waals surface area contributed by atoms with E-state index in [2.05, 4.69) is 149 Å². The van der Waals surface area contributed by atoms with Gasteiger partial charge in [-0.25, -0.2) is 9.97 Å². The summed E-state index contributed by atoms with van der Waals surface area (Å²) in [6, 6.07) is 54.4. The second-order valence-corrected chi connectivity index (χ2v) is 16.0. The summed E-state index contributed by atoms with van der Waals surface area (Å²) in [5, 5.41) is 15.3. The summed E-state index contributed by atoms with van der Waals surface area (Å²) in [6.07, 6.45) is 0. The smallest absolute Gasteiger partial charge is 0.235 e. The molecule has 14 rings (SSSR count). The highest BCUT2D eigenvalue weighted by Crippen LogP contribution is 2.48. The van der Waals surface area contributed by atoms with E-state index in [1.807, 2.05) is 23.5 Å². The lowest BCUT2D eigenvalue weighted by atomic mass is 9.98. The zero-order chi connectivity index (χ0) is 36.2. The number of furan rings is 1. The van der Waals surface area contributed by atoms with Gasteiger partial charge in [-0.3, -0.25) is 4.57 Å². The number of hydrogen-bond acceptors (Lipinski definition) is 4. The Morgan fingerprint density at radius 3 is 2.16 bits per heavy atom. The molecule has 5 nitrogen and oxygen atoms in total. The van der Waals surface area contributed by atoms with Crippen LogP contribution < -0.4 is 0 Å². The fourth-order valence-electron chi connectivity index (χ4n) is 9.66. The minimum Gasteiger partial charge on any atom is -0.456 e. The van der Waals surface area contributed by atoms with Crippen molar-refractivity contribution >= 4 is 130 Å². The Kier molecular flexibility index (Phi) is 5.34. The first-order chi connectivity index (χ1) is 27.7. The first-order valence-electron chi connectivity index (χ1n) is 18.9. The average Bonchev–Trinajstić information content (AvgIpc) is 4.01. The van der Waals surface area contributed by atoms with E-state index in [-0.39, 0.29) is 0 Å². The molecule has 258 valence electrons. The summed E-state index contributed by atoms with van der Waals surface area (Å²) >= 11 is 1.88. The first-order valence-corrected chi connectivity index (χ1v) is 19.7. The van der Waals surface area contributed by atoms with Gasteiger partial charge in [-0.2, -0.15) is 0 Å². The van der Waals surface area contributed by atoms with Crippen LogP contribution in [-0.4, -0.2) is 19.5 Å². The van der Waals surface area contributed by atoms with Crippen LogP contribution in [-0.2, 0) is 0 Å². The van der Waals surface area contributed by atoms with Crippen LogP contribution in [0, 0.1) is 0 Å². The molecule has 9 aromatic carbocycles. The second kappa shape index (κ2) is 10.3. The first kappa shape index (κ1) is 29.1. The number of para-hydroxylation sites is 2. The Morgan fingerprint density at radius 2 is 1.23 bits per heavy atom. The molecule has 0 saturated heterocycles. The summed E-state index contributed by atoms with van der Waals surface area (Å²) in [4.78, 5) is 15.0. The molecule has 5 aromatic heterocycles. The standard InChI is InChI=1S/C50H26N4OS/c1-2-10-28-26(9-1)17-21-38-44(28)47(27-18-22-42-34(23-27)30-12-4-7-15-41(30)55-42)53-50(52-38)54-39-24-35-29-11-3-6-14-37(29)51-48(35)32-19-20-33-46(45(32)39)40(54)25-36-31-13-5-8-16-43(31)56-49(33)36/h1-25,51H. The number of thiophene rings is 1. The van der Waals surface area contributed by atoms with Gasteiger partial charge in [0.1, 0.15) is 11.2 Å². The molecule has 0 unspecified atom stereocenters. The third-order valence-corrected chi connectivity index (χ3v) is 13.3. The maximum atomic E-state index is 6.28. The Labute approximate surface area is 321 Å². The van der Waals surface area contributed by atoms with E-state index in [0.717, 1.165) is 76.9 Å². The molecule has 0 aliphatic rings. The Morgan fingerprint density at radius 1 is 0.500 bits per heavy atom. The van der Waals surface area contributed by atoms with Crippen LogP contribution in [0.5, 0.6) is 0 Å². The Bertz CT molecular complexity index is 3870. The predicted octanol–water partition coefficient (Wildman–Crippen LogP) is 14.0. The summed E-state index contributed by atoms with van der Waals surface area (Å²) in [5.41, 5.74) is 9.06. The molecular weight excluding hydrogens is 705 g/mol. The third-order valence-electron chi connectivity index (χ3n) is 12.1. The van der Waals surface area contributed by atoms with E-state index in [1.54, 1.807) is 0 Å². The van der Waals surface area contributed by atoms with Gasteiger partial charge in [-0.05, 0) is 65.4 Å². The summed E-state index contributed by atoms with van der Waals surface area (Å²) in [7, 11) is 0. The highest BCUT2D eigenvalue weighted by atomic mass is 32.1. The van der Waals surface area contributed by atoms with Gasteiger partial charge in [0.05, 0.1) is 27.8 Å². The van der Waals surface area contributed by atoms with Crippen molar-refractivity contribution in [3.8, 4) is 17.2 Å². The molecule has 0 radical (unpaired) electrons. The number of aromatic nitrogens is 4. The van der Waals surface area contributed by atoms with Crippen LogP contribution >= 0.6 is 11.3 Å². The van der Waals surface area contributed by atoms with Crippen molar-refractivity contribution in [2.75, 3.05) is 0 Å². The molecule has 56 heavy (non-hydrogen) atoms. The molecule has 0 bridgehead atoms. The maximum Gasteiger partial charge on any atom is 0.235 e. The van der Waals surface area contributed by atoms with Crippen LogP contribution in [0.4, 0.5) is 0 Å². The lowest BCUT2D eigenvalue weighted by Crippen LogP contribution is -2.04. The Hall–Kier alpha value is -7.28. The molecular formula is C50H26N4OS. The normalized spacial score (nSPS) is 12.6. The largest absolute Gasteiger partial charge is 0.456 e. The number of nitrogens with one attached hydrogen (secondary N) is 1. The van der Waals surface area contributed by atoms with E-state index in [9.17, 15) is 0 Å². The van der Waals surface area contributed by atoms with Crippen molar-refractivity contribution < 1.29 is 4.42 Å². The zero-order valence-electron chi connectivity index (χ0n) is 29.6. The van der Waals surface area contributed by atoms with Crippen molar-refractivity contribution in [1.29, 1.82) is 0 Å². The fourth-order valence-corrected chi connectivity index (χ4v) is 10.9. The maximum absolute atomic E-state index is 6.28.